The molecule has 1 atom stereocenters. The predicted molar refractivity (Wildman–Crippen MR) is 53.6 cm³/mol. The Bertz CT molecular complexity index is 120. The van der Waals surface area contributed by atoms with Gasteiger partial charge in [0.15, 0.2) is 0 Å². The zero-order chi connectivity index (χ0) is 8.48. The molecular weight excluding hydrogens is 150 g/mol. The van der Waals surface area contributed by atoms with Crippen LogP contribution in [0.5, 0.6) is 0 Å². The highest BCUT2D eigenvalue weighted by Gasteiger charge is 2.39. The van der Waals surface area contributed by atoms with Crippen molar-refractivity contribution in [2.24, 2.45) is 0 Å². The highest BCUT2D eigenvalue weighted by atomic mass is 28.3. The molecule has 1 aliphatic rings. The summed E-state index contributed by atoms with van der Waals surface area (Å²) in [6.07, 6.45) is 1.45. The Balaban J connectivity index is 2.61. The van der Waals surface area contributed by atoms with Gasteiger partial charge in [0.1, 0.15) is 0 Å². The average Bonchev–Trinajstić information content (AvgIpc) is 2.29. The van der Waals surface area contributed by atoms with Crippen molar-refractivity contribution in [2.75, 3.05) is 13.2 Å². The lowest BCUT2D eigenvalue weighted by molar-refractivity contribution is 0.341. The second-order valence-electron chi connectivity index (χ2n) is 4.18. The van der Waals surface area contributed by atoms with Crippen molar-refractivity contribution in [1.29, 1.82) is 0 Å². The molecule has 0 radical (unpaired) electrons. The van der Waals surface area contributed by atoms with Gasteiger partial charge in [-0.1, -0.05) is 25.9 Å². The summed E-state index contributed by atoms with van der Waals surface area (Å²) in [4.78, 5) is 2.55. The van der Waals surface area contributed by atoms with Gasteiger partial charge >= 0.3 is 0 Å². The van der Waals surface area contributed by atoms with Crippen molar-refractivity contribution in [3.63, 3.8) is 0 Å². The van der Waals surface area contributed by atoms with E-state index in [0.29, 0.717) is 0 Å². The highest BCUT2D eigenvalue weighted by molar-refractivity contribution is 6.80. The lowest BCUT2D eigenvalue weighted by Crippen LogP contribution is -2.35. The van der Waals surface area contributed by atoms with Crippen LogP contribution in [-0.4, -0.2) is 32.2 Å². The highest BCUT2D eigenvalue weighted by Crippen LogP contribution is 2.31. The maximum absolute atomic E-state index is 2.55. The standard InChI is InChI=1S/C9H21NSi/c1-5-11(6-2)7-9(3)10(4)8-11/h9H,5-8H2,1-4H3. The molecule has 0 aromatic rings. The van der Waals surface area contributed by atoms with E-state index in [-0.39, 0.29) is 0 Å². The van der Waals surface area contributed by atoms with Crippen molar-refractivity contribution < 1.29 is 0 Å². The average molecular weight is 171 g/mol. The van der Waals surface area contributed by atoms with Gasteiger partial charge in [0.2, 0.25) is 0 Å². The van der Waals surface area contributed by atoms with E-state index in [0.717, 1.165) is 6.04 Å². The molecule has 0 N–H and O–H groups in total. The molecular formula is C9H21NSi. The molecule has 1 unspecified atom stereocenters. The quantitative estimate of drug-likeness (QED) is 0.577. The molecule has 11 heavy (non-hydrogen) atoms. The molecule has 1 fully saturated rings. The number of hydrogen-bond acceptors (Lipinski definition) is 1. The van der Waals surface area contributed by atoms with Gasteiger partial charge in [-0.15, -0.1) is 0 Å². The van der Waals surface area contributed by atoms with Crippen LogP contribution >= 0.6 is 0 Å². The van der Waals surface area contributed by atoms with E-state index in [1.54, 1.807) is 0 Å². The van der Waals surface area contributed by atoms with E-state index in [1.165, 1.54) is 24.3 Å². The zero-order valence-electron chi connectivity index (χ0n) is 8.35. The van der Waals surface area contributed by atoms with E-state index < -0.39 is 8.07 Å². The molecule has 0 aromatic heterocycles. The predicted octanol–water partition coefficient (Wildman–Crippen LogP) is 2.35. The molecule has 66 valence electrons. The van der Waals surface area contributed by atoms with E-state index in [1.807, 2.05) is 0 Å². The Morgan fingerprint density at radius 1 is 1.36 bits per heavy atom. The molecule has 1 aliphatic heterocycles. The van der Waals surface area contributed by atoms with E-state index >= 15 is 0 Å². The van der Waals surface area contributed by atoms with Crippen LogP contribution < -0.4 is 0 Å². The summed E-state index contributed by atoms with van der Waals surface area (Å²) >= 11 is 0. The van der Waals surface area contributed by atoms with Crippen molar-refractivity contribution in [2.45, 2.75) is 44.9 Å². The summed E-state index contributed by atoms with van der Waals surface area (Å²) < 4.78 is 0. The van der Waals surface area contributed by atoms with Crippen LogP contribution in [0.3, 0.4) is 0 Å². The Hall–Kier alpha value is 0.177. The van der Waals surface area contributed by atoms with Gasteiger partial charge in [-0.25, -0.2) is 0 Å². The summed E-state index contributed by atoms with van der Waals surface area (Å²) in [7, 11) is 1.50. The minimum atomic E-state index is -0.780. The monoisotopic (exact) mass is 171 g/mol. The smallest absolute Gasteiger partial charge is 0.0700 e. The van der Waals surface area contributed by atoms with E-state index in [9.17, 15) is 0 Å². The summed E-state index contributed by atoms with van der Waals surface area (Å²) in [6.45, 7) is 7.16. The van der Waals surface area contributed by atoms with Gasteiger partial charge in [0, 0.05) is 6.04 Å². The normalized spacial score (nSPS) is 31.1. The van der Waals surface area contributed by atoms with Gasteiger partial charge in [-0.05, 0) is 26.2 Å². The van der Waals surface area contributed by atoms with Crippen molar-refractivity contribution in [3.05, 3.63) is 0 Å². The molecule has 1 saturated heterocycles. The summed E-state index contributed by atoms with van der Waals surface area (Å²) in [5.41, 5.74) is 0. The third-order valence-corrected chi connectivity index (χ3v) is 9.19. The van der Waals surface area contributed by atoms with Gasteiger partial charge in [-0.3, -0.25) is 0 Å². The first-order valence-corrected chi connectivity index (χ1v) is 7.66. The van der Waals surface area contributed by atoms with Crippen molar-refractivity contribution >= 4 is 8.07 Å². The molecule has 0 amide bonds. The van der Waals surface area contributed by atoms with Crippen LogP contribution in [0.15, 0.2) is 0 Å². The minimum absolute atomic E-state index is 0.780. The third-order valence-electron chi connectivity index (χ3n) is 3.57. The maximum atomic E-state index is 2.55. The molecule has 2 heteroatoms. The van der Waals surface area contributed by atoms with Crippen LogP contribution in [-0.2, 0) is 0 Å². The first-order valence-electron chi connectivity index (χ1n) is 4.84. The lowest BCUT2D eigenvalue weighted by Gasteiger charge is -2.22. The molecule has 1 nitrogen and oxygen atoms in total. The Labute approximate surface area is 71.8 Å². The molecule has 0 aliphatic carbocycles. The van der Waals surface area contributed by atoms with Crippen LogP contribution in [0.25, 0.3) is 0 Å². The molecule has 0 bridgehead atoms. The Morgan fingerprint density at radius 3 is 2.09 bits per heavy atom. The van der Waals surface area contributed by atoms with Crippen LogP contribution in [0.2, 0.25) is 18.1 Å². The third kappa shape index (κ3) is 1.67. The van der Waals surface area contributed by atoms with E-state index in [4.69, 9.17) is 0 Å². The summed E-state index contributed by atoms with van der Waals surface area (Å²) in [5.74, 6) is 0. The van der Waals surface area contributed by atoms with Crippen LogP contribution in [0.4, 0.5) is 0 Å². The van der Waals surface area contributed by atoms with Gasteiger partial charge in [0.05, 0.1) is 8.07 Å². The lowest BCUT2D eigenvalue weighted by atomic mass is 10.4. The summed E-state index contributed by atoms with van der Waals surface area (Å²) in [6, 6.07) is 5.37. The molecule has 0 spiro atoms. The SMILES string of the molecule is CC[Si]1(CC)CC(C)N(C)C1. The van der Waals surface area contributed by atoms with Crippen LogP contribution in [0.1, 0.15) is 20.8 Å². The van der Waals surface area contributed by atoms with Gasteiger partial charge < -0.3 is 4.90 Å². The molecule has 0 aromatic carbocycles. The summed E-state index contributed by atoms with van der Waals surface area (Å²) in [5, 5.41) is 0. The molecule has 1 heterocycles. The fourth-order valence-corrected chi connectivity index (χ4v) is 6.88. The second-order valence-corrected chi connectivity index (χ2v) is 9.31. The minimum Gasteiger partial charge on any atom is -0.307 e. The topological polar surface area (TPSA) is 3.24 Å². The molecule has 0 saturated carbocycles. The second kappa shape index (κ2) is 3.28. The first kappa shape index (κ1) is 9.27. The number of nitrogens with zero attached hydrogens (tertiary/aromatic N) is 1. The van der Waals surface area contributed by atoms with Gasteiger partial charge in [0.25, 0.3) is 0 Å². The van der Waals surface area contributed by atoms with Crippen molar-refractivity contribution in [3.8, 4) is 0 Å². The fraction of sp³-hybridized carbons (Fsp3) is 1.00. The zero-order valence-corrected chi connectivity index (χ0v) is 9.35. The van der Waals surface area contributed by atoms with Gasteiger partial charge in [-0.2, -0.15) is 0 Å². The number of rotatable bonds is 2. The number of hydrogen-bond donors (Lipinski definition) is 0. The van der Waals surface area contributed by atoms with E-state index in [2.05, 4.69) is 32.7 Å². The molecule has 1 rings (SSSR count). The Morgan fingerprint density at radius 2 is 1.91 bits per heavy atom. The first-order chi connectivity index (χ1) is 5.13. The van der Waals surface area contributed by atoms with Crippen LogP contribution in [0, 0.1) is 0 Å². The fourth-order valence-electron chi connectivity index (χ4n) is 2.29. The largest absolute Gasteiger partial charge is 0.307 e. The maximum Gasteiger partial charge on any atom is 0.0700 e. The van der Waals surface area contributed by atoms with Crippen molar-refractivity contribution in [1.82, 2.24) is 4.90 Å². The Kier molecular flexibility index (Phi) is 2.76.